The molecule has 0 aliphatic heterocycles. The summed E-state index contributed by atoms with van der Waals surface area (Å²) in [7, 11) is 0. The van der Waals surface area contributed by atoms with Crippen LogP contribution < -0.4 is 5.73 Å². The molecule has 1 aromatic carbocycles. The van der Waals surface area contributed by atoms with E-state index in [-0.39, 0.29) is 18.8 Å². The summed E-state index contributed by atoms with van der Waals surface area (Å²) >= 11 is 3.33. The lowest BCUT2D eigenvalue weighted by Gasteiger charge is -2.14. The van der Waals surface area contributed by atoms with Crippen LogP contribution in [-0.4, -0.2) is 6.18 Å². The Balaban J connectivity index is 0.00000256. The standard InChI is InChI=1S/C11H13BrF3N.ClH/c1-7-2-3-8(6-9(7)12)10(16)4-5-11(13,14)15;/h2-3,6,10H,4-5,16H2,1H3;1H/t10-;/m1./s1. The SMILES string of the molecule is Cc1ccc([C@H](N)CCC(F)(F)F)cc1Br.Cl. The fraction of sp³-hybridized carbons (Fsp3) is 0.455. The van der Waals surface area contributed by atoms with Gasteiger partial charge in [-0.25, -0.2) is 0 Å². The third-order valence-corrected chi connectivity index (χ3v) is 3.22. The summed E-state index contributed by atoms with van der Waals surface area (Å²) in [4.78, 5) is 0. The Hall–Kier alpha value is -0.260. The normalized spacial score (nSPS) is 13.1. The molecule has 1 aromatic rings. The lowest BCUT2D eigenvalue weighted by Crippen LogP contribution is -2.15. The van der Waals surface area contributed by atoms with E-state index in [0.29, 0.717) is 0 Å². The molecule has 2 N–H and O–H groups in total. The van der Waals surface area contributed by atoms with Gasteiger partial charge in [-0.3, -0.25) is 0 Å². The Labute approximate surface area is 113 Å². The van der Waals surface area contributed by atoms with Gasteiger partial charge in [-0.1, -0.05) is 28.1 Å². The molecule has 0 aromatic heterocycles. The van der Waals surface area contributed by atoms with E-state index in [0.717, 1.165) is 15.6 Å². The van der Waals surface area contributed by atoms with E-state index in [2.05, 4.69) is 15.9 Å². The number of alkyl halides is 3. The molecule has 1 atom stereocenters. The zero-order valence-electron chi connectivity index (χ0n) is 9.22. The summed E-state index contributed by atoms with van der Waals surface area (Å²) in [6.07, 6.45) is -5.07. The number of aryl methyl sites for hydroxylation is 1. The highest BCUT2D eigenvalue weighted by Gasteiger charge is 2.27. The van der Waals surface area contributed by atoms with Crippen molar-refractivity contribution in [2.75, 3.05) is 0 Å². The summed E-state index contributed by atoms with van der Waals surface area (Å²) in [5.74, 6) is 0. The lowest BCUT2D eigenvalue weighted by atomic mass is 10.0. The third kappa shape index (κ3) is 5.75. The van der Waals surface area contributed by atoms with Gasteiger partial charge in [0.25, 0.3) is 0 Å². The van der Waals surface area contributed by atoms with Crippen LogP contribution in [-0.2, 0) is 0 Å². The predicted molar refractivity (Wildman–Crippen MR) is 68.3 cm³/mol. The molecule has 98 valence electrons. The first-order valence-corrected chi connectivity index (χ1v) is 5.67. The quantitative estimate of drug-likeness (QED) is 0.865. The smallest absolute Gasteiger partial charge is 0.324 e. The molecule has 6 heteroatoms. The summed E-state index contributed by atoms with van der Waals surface area (Å²) in [5.41, 5.74) is 7.46. The summed E-state index contributed by atoms with van der Waals surface area (Å²) in [6, 6.07) is 4.81. The molecule has 0 aliphatic carbocycles. The topological polar surface area (TPSA) is 26.0 Å². The minimum absolute atomic E-state index is 0. The van der Waals surface area contributed by atoms with E-state index < -0.39 is 18.6 Å². The van der Waals surface area contributed by atoms with Crippen LogP contribution in [0.4, 0.5) is 13.2 Å². The zero-order valence-corrected chi connectivity index (χ0v) is 11.6. The van der Waals surface area contributed by atoms with Crippen LogP contribution in [0.25, 0.3) is 0 Å². The average molecular weight is 333 g/mol. The summed E-state index contributed by atoms with van der Waals surface area (Å²) < 4.78 is 36.9. The van der Waals surface area contributed by atoms with Crippen molar-refractivity contribution >= 4 is 28.3 Å². The van der Waals surface area contributed by atoms with Crippen LogP contribution >= 0.6 is 28.3 Å². The fourth-order valence-electron chi connectivity index (χ4n) is 1.33. The van der Waals surface area contributed by atoms with E-state index in [1.165, 1.54) is 0 Å². The van der Waals surface area contributed by atoms with Crippen LogP contribution in [0.15, 0.2) is 22.7 Å². The summed E-state index contributed by atoms with van der Waals surface area (Å²) in [5, 5.41) is 0. The molecule has 0 heterocycles. The van der Waals surface area contributed by atoms with E-state index in [9.17, 15) is 13.2 Å². The zero-order chi connectivity index (χ0) is 12.3. The maximum Gasteiger partial charge on any atom is 0.389 e. The molecular weight excluding hydrogens is 318 g/mol. The van der Waals surface area contributed by atoms with Crippen molar-refractivity contribution in [3.05, 3.63) is 33.8 Å². The van der Waals surface area contributed by atoms with E-state index in [1.54, 1.807) is 12.1 Å². The number of halogens is 5. The first-order valence-electron chi connectivity index (χ1n) is 4.88. The van der Waals surface area contributed by atoms with Gasteiger partial charge in [0.15, 0.2) is 0 Å². The van der Waals surface area contributed by atoms with Crippen molar-refractivity contribution in [2.24, 2.45) is 5.73 Å². The van der Waals surface area contributed by atoms with Crippen molar-refractivity contribution in [3.63, 3.8) is 0 Å². The van der Waals surface area contributed by atoms with Gasteiger partial charge in [0.05, 0.1) is 0 Å². The largest absolute Gasteiger partial charge is 0.389 e. The molecule has 17 heavy (non-hydrogen) atoms. The molecule has 0 spiro atoms. The maximum atomic E-state index is 12.0. The monoisotopic (exact) mass is 331 g/mol. The van der Waals surface area contributed by atoms with Crippen molar-refractivity contribution in [1.29, 1.82) is 0 Å². The Morgan fingerprint density at radius 3 is 2.41 bits per heavy atom. The van der Waals surface area contributed by atoms with E-state index >= 15 is 0 Å². The second-order valence-corrected chi connectivity index (χ2v) is 4.62. The van der Waals surface area contributed by atoms with Crippen molar-refractivity contribution < 1.29 is 13.2 Å². The minimum Gasteiger partial charge on any atom is -0.324 e. The number of rotatable bonds is 3. The first kappa shape index (κ1) is 16.7. The van der Waals surface area contributed by atoms with Gasteiger partial charge in [-0.05, 0) is 30.5 Å². The van der Waals surface area contributed by atoms with Gasteiger partial charge in [0.2, 0.25) is 0 Å². The van der Waals surface area contributed by atoms with E-state index in [4.69, 9.17) is 5.73 Å². The molecule has 0 saturated carbocycles. The lowest BCUT2D eigenvalue weighted by molar-refractivity contribution is -0.136. The number of hydrogen-bond acceptors (Lipinski definition) is 1. The van der Waals surface area contributed by atoms with Crippen LogP contribution in [0.1, 0.15) is 30.0 Å². The Morgan fingerprint density at radius 2 is 1.94 bits per heavy atom. The second kappa shape index (κ2) is 6.61. The van der Waals surface area contributed by atoms with Crippen molar-refractivity contribution in [3.8, 4) is 0 Å². The molecule has 1 rings (SSSR count). The highest BCUT2D eigenvalue weighted by atomic mass is 79.9. The number of hydrogen-bond donors (Lipinski definition) is 1. The highest BCUT2D eigenvalue weighted by molar-refractivity contribution is 9.10. The second-order valence-electron chi connectivity index (χ2n) is 3.77. The highest BCUT2D eigenvalue weighted by Crippen LogP contribution is 2.28. The van der Waals surface area contributed by atoms with Crippen molar-refractivity contribution in [1.82, 2.24) is 0 Å². The molecule has 1 nitrogen and oxygen atoms in total. The van der Waals surface area contributed by atoms with Gasteiger partial charge < -0.3 is 5.73 Å². The predicted octanol–water partition coefficient (Wildman–Crippen LogP) is 4.52. The van der Waals surface area contributed by atoms with Crippen LogP contribution in [0.2, 0.25) is 0 Å². The Morgan fingerprint density at radius 1 is 1.35 bits per heavy atom. The maximum absolute atomic E-state index is 12.0. The van der Waals surface area contributed by atoms with Gasteiger partial charge in [0.1, 0.15) is 0 Å². The van der Waals surface area contributed by atoms with Gasteiger partial charge in [-0.15, -0.1) is 12.4 Å². The van der Waals surface area contributed by atoms with Gasteiger partial charge in [-0.2, -0.15) is 13.2 Å². The first-order chi connectivity index (χ1) is 7.29. The fourth-order valence-corrected chi connectivity index (χ4v) is 1.72. The van der Waals surface area contributed by atoms with E-state index in [1.807, 2.05) is 13.0 Å². The molecule has 0 saturated heterocycles. The molecular formula is C11H14BrClF3N. The van der Waals surface area contributed by atoms with Crippen molar-refractivity contribution in [2.45, 2.75) is 32.0 Å². The third-order valence-electron chi connectivity index (χ3n) is 2.36. The molecule has 0 unspecified atom stereocenters. The number of benzene rings is 1. The van der Waals surface area contributed by atoms with Gasteiger partial charge in [0, 0.05) is 16.9 Å². The molecule has 0 aliphatic rings. The van der Waals surface area contributed by atoms with Crippen LogP contribution in [0, 0.1) is 6.92 Å². The van der Waals surface area contributed by atoms with Gasteiger partial charge >= 0.3 is 6.18 Å². The molecule has 0 bridgehead atoms. The molecule has 0 radical (unpaired) electrons. The van der Waals surface area contributed by atoms with Crippen LogP contribution in [0.3, 0.4) is 0 Å². The summed E-state index contributed by atoms with van der Waals surface area (Å²) in [6.45, 7) is 1.91. The minimum atomic E-state index is -4.14. The van der Waals surface area contributed by atoms with Crippen LogP contribution in [0.5, 0.6) is 0 Å². The number of nitrogens with two attached hydrogens (primary N) is 1. The Bertz CT molecular complexity index is 368. The average Bonchev–Trinajstić information content (AvgIpc) is 2.17. The Kier molecular flexibility index (Phi) is 6.51. The molecule has 0 fully saturated rings. The molecule has 0 amide bonds.